The first-order chi connectivity index (χ1) is 11.8. The number of benzene rings is 1. The molecular formula is C18H20F3NO2S. The molecule has 0 bridgehead atoms. The molecule has 1 aromatic heterocycles. The maximum atomic E-state index is 12.6. The molecule has 2 N–H and O–H groups in total. The molecule has 25 heavy (non-hydrogen) atoms. The van der Waals surface area contributed by atoms with Crippen molar-refractivity contribution >= 4 is 17.3 Å². The van der Waals surface area contributed by atoms with Gasteiger partial charge in [-0.1, -0.05) is 31.9 Å². The molecule has 0 aliphatic rings. The predicted molar refractivity (Wildman–Crippen MR) is 92.5 cm³/mol. The minimum atomic E-state index is -4.34. The molecule has 3 nitrogen and oxygen atoms in total. The summed E-state index contributed by atoms with van der Waals surface area (Å²) in [7, 11) is 0. The Morgan fingerprint density at radius 1 is 1.20 bits per heavy atom. The summed E-state index contributed by atoms with van der Waals surface area (Å²) in [4.78, 5) is 13.0. The van der Waals surface area contributed by atoms with Crippen molar-refractivity contribution in [2.75, 3.05) is 0 Å². The number of carboxylic acid groups (broad SMARTS) is 1. The lowest BCUT2D eigenvalue weighted by Crippen LogP contribution is -2.35. The van der Waals surface area contributed by atoms with Gasteiger partial charge in [0, 0.05) is 16.3 Å². The highest BCUT2D eigenvalue weighted by Gasteiger charge is 2.30. The van der Waals surface area contributed by atoms with Gasteiger partial charge in [0.25, 0.3) is 0 Å². The number of rotatable bonds is 8. The molecule has 1 unspecified atom stereocenters. The van der Waals surface area contributed by atoms with Gasteiger partial charge in [0.05, 0.1) is 5.56 Å². The fourth-order valence-electron chi connectivity index (χ4n) is 2.40. The summed E-state index contributed by atoms with van der Waals surface area (Å²) >= 11 is 1.44. The van der Waals surface area contributed by atoms with Crippen LogP contribution in [0.3, 0.4) is 0 Å². The molecule has 2 aromatic rings. The number of carbonyl (C=O) groups is 1. The number of halogens is 3. The first kappa shape index (κ1) is 19.5. The Balaban J connectivity index is 2.01. The number of carboxylic acids is 1. The average molecular weight is 371 g/mol. The Bertz CT molecular complexity index is 695. The summed E-state index contributed by atoms with van der Waals surface area (Å²) in [6.07, 6.45) is -2.00. The number of thiophene rings is 1. The summed E-state index contributed by atoms with van der Waals surface area (Å²) in [6.45, 7) is 2.43. The fourth-order valence-corrected chi connectivity index (χ4v) is 3.36. The molecule has 0 aliphatic carbocycles. The molecule has 0 radical (unpaired) electrons. The topological polar surface area (TPSA) is 49.3 Å². The van der Waals surface area contributed by atoms with Gasteiger partial charge in [-0.05, 0) is 36.2 Å². The van der Waals surface area contributed by atoms with Crippen molar-refractivity contribution in [1.82, 2.24) is 5.32 Å². The van der Waals surface area contributed by atoms with Gasteiger partial charge >= 0.3 is 12.1 Å². The van der Waals surface area contributed by atoms with Gasteiger partial charge < -0.3 is 5.11 Å². The highest BCUT2D eigenvalue weighted by Crippen LogP contribution is 2.33. The molecule has 0 fully saturated rings. The zero-order valence-corrected chi connectivity index (χ0v) is 14.6. The van der Waals surface area contributed by atoms with E-state index >= 15 is 0 Å². The van der Waals surface area contributed by atoms with Crippen LogP contribution >= 0.6 is 11.3 Å². The van der Waals surface area contributed by atoms with Gasteiger partial charge in [0.1, 0.15) is 6.04 Å². The minimum Gasteiger partial charge on any atom is -0.480 e. The summed E-state index contributed by atoms with van der Waals surface area (Å²) < 4.78 is 37.8. The van der Waals surface area contributed by atoms with Crippen molar-refractivity contribution in [2.45, 2.75) is 44.9 Å². The predicted octanol–water partition coefficient (Wildman–Crippen LogP) is 5.17. The zero-order valence-electron chi connectivity index (χ0n) is 13.8. The molecule has 2 rings (SSSR count). The molecular weight excluding hydrogens is 351 g/mol. The summed E-state index contributed by atoms with van der Waals surface area (Å²) in [5.74, 6) is -0.868. The number of alkyl halides is 3. The average Bonchev–Trinajstić information content (AvgIpc) is 3.03. The number of aliphatic carboxylic acids is 1. The van der Waals surface area contributed by atoms with Gasteiger partial charge in [-0.15, -0.1) is 11.3 Å². The Morgan fingerprint density at radius 2 is 1.88 bits per heavy atom. The molecule has 0 saturated carbocycles. The van der Waals surface area contributed by atoms with Crippen LogP contribution in [-0.2, 0) is 17.5 Å². The number of hydrogen-bond donors (Lipinski definition) is 2. The summed E-state index contributed by atoms with van der Waals surface area (Å²) in [5, 5.41) is 12.2. The Hall–Kier alpha value is -1.86. The first-order valence-electron chi connectivity index (χ1n) is 8.03. The van der Waals surface area contributed by atoms with E-state index in [4.69, 9.17) is 0 Å². The zero-order chi connectivity index (χ0) is 18.4. The highest BCUT2D eigenvalue weighted by atomic mass is 32.1. The van der Waals surface area contributed by atoms with Crippen molar-refractivity contribution in [3.8, 4) is 10.4 Å². The van der Waals surface area contributed by atoms with Crippen LogP contribution in [0.4, 0.5) is 13.2 Å². The lowest BCUT2D eigenvalue weighted by molar-refractivity contribution is -0.140. The van der Waals surface area contributed by atoms with Crippen LogP contribution in [0.25, 0.3) is 10.4 Å². The Morgan fingerprint density at radius 3 is 2.44 bits per heavy atom. The second-order valence-corrected chi connectivity index (χ2v) is 6.92. The van der Waals surface area contributed by atoms with Crippen molar-refractivity contribution in [2.24, 2.45) is 0 Å². The largest absolute Gasteiger partial charge is 0.480 e. The van der Waals surface area contributed by atoms with E-state index in [2.05, 4.69) is 5.32 Å². The monoisotopic (exact) mass is 371 g/mol. The fraction of sp³-hybridized carbons (Fsp3) is 0.389. The van der Waals surface area contributed by atoms with Crippen molar-refractivity contribution < 1.29 is 23.1 Å². The van der Waals surface area contributed by atoms with Crippen LogP contribution in [0.5, 0.6) is 0 Å². The maximum absolute atomic E-state index is 12.6. The van der Waals surface area contributed by atoms with Crippen LogP contribution in [0.2, 0.25) is 0 Å². The van der Waals surface area contributed by atoms with Crippen molar-refractivity contribution in [3.63, 3.8) is 0 Å². The highest BCUT2D eigenvalue weighted by molar-refractivity contribution is 7.15. The van der Waals surface area contributed by atoms with E-state index in [1.807, 2.05) is 19.1 Å². The molecule has 136 valence electrons. The molecule has 0 aliphatic heterocycles. The SMILES string of the molecule is CCCCC(NCc1ccc(-c2ccc(C(F)(F)F)cc2)s1)C(=O)O. The molecule has 0 amide bonds. The number of hydrogen-bond acceptors (Lipinski definition) is 3. The van der Waals surface area contributed by atoms with E-state index in [9.17, 15) is 23.1 Å². The minimum absolute atomic E-state index is 0.423. The van der Waals surface area contributed by atoms with E-state index < -0.39 is 23.8 Å². The molecule has 1 atom stereocenters. The summed E-state index contributed by atoms with van der Waals surface area (Å²) in [6, 6.07) is 8.16. The van der Waals surface area contributed by atoms with Crippen molar-refractivity contribution in [3.05, 3.63) is 46.8 Å². The van der Waals surface area contributed by atoms with Gasteiger partial charge in [0.2, 0.25) is 0 Å². The summed E-state index contributed by atoms with van der Waals surface area (Å²) in [5.41, 5.74) is 0.0416. The molecule has 1 heterocycles. The maximum Gasteiger partial charge on any atom is 0.416 e. The smallest absolute Gasteiger partial charge is 0.416 e. The third-order valence-corrected chi connectivity index (χ3v) is 4.96. The van der Waals surface area contributed by atoms with Crippen LogP contribution in [0.15, 0.2) is 36.4 Å². The van der Waals surface area contributed by atoms with E-state index in [0.717, 1.165) is 34.7 Å². The van der Waals surface area contributed by atoms with Crippen molar-refractivity contribution in [1.29, 1.82) is 0 Å². The van der Waals surface area contributed by atoms with E-state index in [1.54, 1.807) is 0 Å². The van der Waals surface area contributed by atoms with Gasteiger partial charge in [-0.25, -0.2) is 0 Å². The molecule has 0 spiro atoms. The second kappa shape index (κ2) is 8.49. The van der Waals surface area contributed by atoms with Crippen LogP contribution in [-0.4, -0.2) is 17.1 Å². The Kier molecular flexibility index (Phi) is 6.61. The Labute approximate surface area is 148 Å². The second-order valence-electron chi connectivity index (χ2n) is 5.76. The van der Waals surface area contributed by atoms with Gasteiger partial charge in [-0.2, -0.15) is 13.2 Å². The van der Waals surface area contributed by atoms with Crippen LogP contribution in [0, 0.1) is 0 Å². The molecule has 7 heteroatoms. The van der Waals surface area contributed by atoms with Gasteiger partial charge in [0.15, 0.2) is 0 Å². The van der Waals surface area contributed by atoms with Crippen LogP contribution in [0.1, 0.15) is 36.6 Å². The quantitative estimate of drug-likeness (QED) is 0.673. The van der Waals surface area contributed by atoms with Crippen LogP contribution < -0.4 is 5.32 Å². The standard InChI is InChI=1S/C18H20F3NO2S/c1-2-3-4-15(17(23)24)22-11-14-9-10-16(25-14)12-5-7-13(8-6-12)18(19,20)21/h5-10,15,22H,2-4,11H2,1H3,(H,23,24). The third-order valence-electron chi connectivity index (χ3n) is 3.83. The number of nitrogens with one attached hydrogen (secondary N) is 1. The lowest BCUT2D eigenvalue weighted by Gasteiger charge is -2.13. The first-order valence-corrected chi connectivity index (χ1v) is 8.85. The normalized spacial score (nSPS) is 13.0. The van der Waals surface area contributed by atoms with E-state index in [1.165, 1.54) is 23.5 Å². The lowest BCUT2D eigenvalue weighted by atomic mass is 10.1. The molecule has 0 saturated heterocycles. The number of unbranched alkanes of at least 4 members (excludes halogenated alkanes) is 1. The van der Waals surface area contributed by atoms with E-state index in [0.29, 0.717) is 18.5 Å². The van der Waals surface area contributed by atoms with E-state index in [-0.39, 0.29) is 0 Å². The van der Waals surface area contributed by atoms with Gasteiger partial charge in [-0.3, -0.25) is 10.1 Å². The molecule has 1 aromatic carbocycles. The third kappa shape index (κ3) is 5.57.